The van der Waals surface area contributed by atoms with E-state index in [9.17, 15) is 14.4 Å². The Morgan fingerprint density at radius 3 is 2.03 bits per heavy atom. The van der Waals surface area contributed by atoms with E-state index >= 15 is 0 Å². The molecule has 2 aromatic carbocycles. The van der Waals surface area contributed by atoms with E-state index in [0.717, 1.165) is 11.1 Å². The number of carbonyl (C=O) groups is 3. The first-order valence-corrected chi connectivity index (χ1v) is 9.23. The van der Waals surface area contributed by atoms with E-state index in [1.54, 1.807) is 0 Å². The van der Waals surface area contributed by atoms with Crippen LogP contribution >= 0.6 is 0 Å². The maximum atomic E-state index is 12.8. The summed E-state index contributed by atoms with van der Waals surface area (Å²) >= 11 is 0. The van der Waals surface area contributed by atoms with Crippen molar-refractivity contribution in [3.63, 3.8) is 0 Å². The van der Waals surface area contributed by atoms with Crippen molar-refractivity contribution in [1.82, 2.24) is 10.6 Å². The molecule has 0 saturated carbocycles. The Hall–Kier alpha value is -3.35. The van der Waals surface area contributed by atoms with E-state index in [1.807, 2.05) is 60.7 Å². The maximum absolute atomic E-state index is 12.8. The SMILES string of the molecule is COC(=O)C(C)(C)NC(=O)C(Cc1ccccc1)NC(=O)OCc1ccccc1. The topological polar surface area (TPSA) is 93.7 Å². The average Bonchev–Trinajstić information content (AvgIpc) is 2.72. The summed E-state index contributed by atoms with van der Waals surface area (Å²) in [4.78, 5) is 37.0. The molecule has 0 radical (unpaired) electrons. The van der Waals surface area contributed by atoms with E-state index in [2.05, 4.69) is 10.6 Å². The monoisotopic (exact) mass is 398 g/mol. The fourth-order valence-corrected chi connectivity index (χ4v) is 2.67. The lowest BCUT2D eigenvalue weighted by Crippen LogP contribution is -2.57. The second-order valence-electron chi connectivity index (χ2n) is 7.05. The molecule has 2 aromatic rings. The molecule has 2 N–H and O–H groups in total. The Morgan fingerprint density at radius 2 is 1.48 bits per heavy atom. The summed E-state index contributed by atoms with van der Waals surface area (Å²) < 4.78 is 9.94. The van der Waals surface area contributed by atoms with E-state index in [1.165, 1.54) is 21.0 Å². The van der Waals surface area contributed by atoms with Crippen LogP contribution in [-0.2, 0) is 32.1 Å². The molecule has 0 aliphatic carbocycles. The number of methoxy groups -OCH3 is 1. The van der Waals surface area contributed by atoms with Gasteiger partial charge in [-0.15, -0.1) is 0 Å². The lowest BCUT2D eigenvalue weighted by Gasteiger charge is -2.26. The third-order valence-corrected chi connectivity index (χ3v) is 4.24. The molecule has 2 rings (SSSR count). The molecule has 1 atom stereocenters. The summed E-state index contributed by atoms with van der Waals surface area (Å²) in [5.74, 6) is -1.10. The fraction of sp³-hybridized carbons (Fsp3) is 0.318. The molecule has 29 heavy (non-hydrogen) atoms. The predicted octanol–water partition coefficient (Wildman–Crippen LogP) is 2.59. The number of benzene rings is 2. The smallest absolute Gasteiger partial charge is 0.408 e. The molecule has 0 heterocycles. The molecule has 7 nitrogen and oxygen atoms in total. The largest absolute Gasteiger partial charge is 0.467 e. The second kappa shape index (κ2) is 10.3. The summed E-state index contributed by atoms with van der Waals surface area (Å²) in [6.07, 6.45) is -0.481. The van der Waals surface area contributed by atoms with Crippen LogP contribution < -0.4 is 10.6 Å². The Labute approximate surface area is 170 Å². The number of nitrogens with one attached hydrogen (secondary N) is 2. The zero-order chi connectivity index (χ0) is 21.3. The van der Waals surface area contributed by atoms with Crippen LogP contribution in [0.4, 0.5) is 4.79 Å². The number of amides is 2. The van der Waals surface area contributed by atoms with Gasteiger partial charge in [-0.25, -0.2) is 9.59 Å². The maximum Gasteiger partial charge on any atom is 0.408 e. The highest BCUT2D eigenvalue weighted by atomic mass is 16.5. The van der Waals surface area contributed by atoms with Gasteiger partial charge in [-0.1, -0.05) is 60.7 Å². The van der Waals surface area contributed by atoms with Gasteiger partial charge in [0.2, 0.25) is 5.91 Å². The highest BCUT2D eigenvalue weighted by molar-refractivity contribution is 5.91. The number of alkyl carbamates (subject to hydrolysis) is 1. The number of esters is 1. The lowest BCUT2D eigenvalue weighted by atomic mass is 10.0. The average molecular weight is 398 g/mol. The summed E-state index contributed by atoms with van der Waals surface area (Å²) in [6, 6.07) is 17.5. The summed E-state index contributed by atoms with van der Waals surface area (Å²) in [6.45, 7) is 3.15. The van der Waals surface area contributed by atoms with E-state index in [-0.39, 0.29) is 13.0 Å². The zero-order valence-electron chi connectivity index (χ0n) is 16.8. The van der Waals surface area contributed by atoms with E-state index in [4.69, 9.17) is 9.47 Å². The molecule has 0 fully saturated rings. The van der Waals surface area contributed by atoms with Gasteiger partial charge in [-0.05, 0) is 25.0 Å². The molecule has 0 aromatic heterocycles. The molecule has 0 spiro atoms. The normalized spacial score (nSPS) is 11.8. The predicted molar refractivity (Wildman–Crippen MR) is 108 cm³/mol. The minimum atomic E-state index is -1.24. The number of ether oxygens (including phenoxy) is 2. The van der Waals surface area contributed by atoms with Gasteiger partial charge in [-0.2, -0.15) is 0 Å². The fourth-order valence-electron chi connectivity index (χ4n) is 2.67. The van der Waals surface area contributed by atoms with Crippen LogP contribution in [0.2, 0.25) is 0 Å². The van der Waals surface area contributed by atoms with Crippen molar-refractivity contribution in [2.45, 2.75) is 38.5 Å². The molecule has 7 heteroatoms. The quantitative estimate of drug-likeness (QED) is 0.667. The van der Waals surface area contributed by atoms with Crippen LogP contribution in [-0.4, -0.2) is 36.7 Å². The molecule has 1 unspecified atom stereocenters. The first-order chi connectivity index (χ1) is 13.8. The zero-order valence-corrected chi connectivity index (χ0v) is 16.8. The molecule has 154 valence electrons. The van der Waals surface area contributed by atoms with Crippen LogP contribution in [0.3, 0.4) is 0 Å². The van der Waals surface area contributed by atoms with Crippen molar-refractivity contribution in [1.29, 1.82) is 0 Å². The number of carbonyl (C=O) groups excluding carboxylic acids is 3. The Morgan fingerprint density at radius 1 is 0.931 bits per heavy atom. The van der Waals surface area contributed by atoms with Crippen LogP contribution in [0, 0.1) is 0 Å². The Balaban J connectivity index is 2.06. The second-order valence-corrected chi connectivity index (χ2v) is 7.05. The third kappa shape index (κ3) is 6.95. The summed E-state index contributed by atoms with van der Waals surface area (Å²) in [5.41, 5.74) is 0.446. The van der Waals surface area contributed by atoms with Crippen molar-refractivity contribution >= 4 is 18.0 Å². The molecule has 0 aliphatic heterocycles. The van der Waals surface area contributed by atoms with Crippen molar-refractivity contribution in [3.8, 4) is 0 Å². The van der Waals surface area contributed by atoms with Crippen LogP contribution in [0.15, 0.2) is 60.7 Å². The number of hydrogen-bond donors (Lipinski definition) is 2. The van der Waals surface area contributed by atoms with Gasteiger partial charge in [0.25, 0.3) is 0 Å². The lowest BCUT2D eigenvalue weighted by molar-refractivity contribution is -0.149. The molecular weight excluding hydrogens is 372 g/mol. The highest BCUT2D eigenvalue weighted by Gasteiger charge is 2.33. The van der Waals surface area contributed by atoms with Crippen LogP contribution in [0.1, 0.15) is 25.0 Å². The Kier molecular flexibility index (Phi) is 7.77. The molecule has 2 amide bonds. The third-order valence-electron chi connectivity index (χ3n) is 4.24. The van der Waals surface area contributed by atoms with Gasteiger partial charge < -0.3 is 20.1 Å². The van der Waals surface area contributed by atoms with Crippen molar-refractivity contribution in [3.05, 3.63) is 71.8 Å². The van der Waals surface area contributed by atoms with Gasteiger partial charge in [0.1, 0.15) is 18.2 Å². The van der Waals surface area contributed by atoms with Crippen LogP contribution in [0.5, 0.6) is 0 Å². The first kappa shape index (κ1) is 21.9. The van der Waals surface area contributed by atoms with Gasteiger partial charge in [0.15, 0.2) is 0 Å². The molecular formula is C22H26N2O5. The van der Waals surface area contributed by atoms with Crippen molar-refractivity contribution < 1.29 is 23.9 Å². The minimum absolute atomic E-state index is 0.0833. The number of rotatable bonds is 8. The minimum Gasteiger partial charge on any atom is -0.467 e. The molecule has 0 aliphatic rings. The van der Waals surface area contributed by atoms with Crippen LogP contribution in [0.25, 0.3) is 0 Å². The van der Waals surface area contributed by atoms with E-state index in [0.29, 0.717) is 0 Å². The van der Waals surface area contributed by atoms with Gasteiger partial charge in [0, 0.05) is 6.42 Å². The Bertz CT molecular complexity index is 822. The standard InChI is InChI=1S/C22H26N2O5/c1-22(2,20(26)28-3)24-19(25)18(14-16-10-6-4-7-11-16)23-21(27)29-15-17-12-8-5-9-13-17/h4-13,18H,14-15H2,1-3H3,(H,23,27)(H,24,25). The van der Waals surface area contributed by atoms with Crippen molar-refractivity contribution in [2.24, 2.45) is 0 Å². The summed E-state index contributed by atoms with van der Waals surface area (Å²) in [7, 11) is 1.25. The van der Waals surface area contributed by atoms with Crippen molar-refractivity contribution in [2.75, 3.05) is 7.11 Å². The number of hydrogen-bond acceptors (Lipinski definition) is 5. The molecule has 0 saturated heterocycles. The van der Waals surface area contributed by atoms with E-state index < -0.39 is 29.6 Å². The van der Waals surface area contributed by atoms with Gasteiger partial charge in [-0.3, -0.25) is 4.79 Å². The first-order valence-electron chi connectivity index (χ1n) is 9.23. The molecule has 0 bridgehead atoms. The van der Waals surface area contributed by atoms with Gasteiger partial charge in [0.05, 0.1) is 7.11 Å². The highest BCUT2D eigenvalue weighted by Crippen LogP contribution is 2.09. The van der Waals surface area contributed by atoms with Gasteiger partial charge >= 0.3 is 12.1 Å². The summed E-state index contributed by atoms with van der Waals surface area (Å²) in [5, 5.41) is 5.21.